The average molecular weight is 364 g/mol. The number of hydrogen-bond acceptors (Lipinski definition) is 6. The van der Waals surface area contributed by atoms with Crippen LogP contribution in [-0.2, 0) is 13.0 Å². The van der Waals surface area contributed by atoms with Gasteiger partial charge in [0.1, 0.15) is 0 Å². The van der Waals surface area contributed by atoms with E-state index in [0.717, 1.165) is 12.8 Å². The number of nitro benzene ring substituents is 1. The maximum atomic E-state index is 10.8. The normalized spacial score (nSPS) is 16.3. The van der Waals surface area contributed by atoms with Crippen LogP contribution in [0.5, 0.6) is 0 Å². The third-order valence-electron chi connectivity index (χ3n) is 5.06. The predicted octanol–water partition coefficient (Wildman–Crippen LogP) is 4.15. The lowest BCUT2D eigenvalue weighted by Crippen LogP contribution is -2.27. The summed E-state index contributed by atoms with van der Waals surface area (Å²) in [5.41, 5.74) is 3.53. The summed E-state index contributed by atoms with van der Waals surface area (Å²) in [7, 11) is 2.07. The van der Waals surface area contributed by atoms with Crippen LogP contribution in [0.3, 0.4) is 0 Å². The predicted molar refractivity (Wildman–Crippen MR) is 100.0 cm³/mol. The largest absolute Gasteiger partial charge is 0.338 e. The van der Waals surface area contributed by atoms with Crippen LogP contribution in [0.4, 0.5) is 5.69 Å². The maximum Gasteiger partial charge on any atom is 0.269 e. The van der Waals surface area contributed by atoms with Gasteiger partial charge in [-0.2, -0.15) is 4.98 Å². The van der Waals surface area contributed by atoms with E-state index in [2.05, 4.69) is 46.4 Å². The first-order valence-electron chi connectivity index (χ1n) is 8.97. The second-order valence-electron chi connectivity index (χ2n) is 6.84. The molecule has 0 N–H and O–H groups in total. The van der Waals surface area contributed by atoms with Crippen molar-refractivity contribution in [1.82, 2.24) is 15.0 Å². The molecule has 1 aromatic heterocycles. The maximum absolute atomic E-state index is 10.8. The SMILES string of the molecule is CN(Cc1nc(-c2ccc([N+](=O)[O-])cc2)no1)C1CCCc2ccccc21. The van der Waals surface area contributed by atoms with E-state index in [1.807, 2.05) is 0 Å². The monoisotopic (exact) mass is 364 g/mol. The Bertz CT molecular complexity index is 952. The lowest BCUT2D eigenvalue weighted by Gasteiger charge is -2.32. The van der Waals surface area contributed by atoms with E-state index in [9.17, 15) is 10.1 Å². The second kappa shape index (κ2) is 7.28. The van der Waals surface area contributed by atoms with Crippen molar-refractivity contribution in [3.8, 4) is 11.4 Å². The highest BCUT2D eigenvalue weighted by Gasteiger charge is 2.24. The van der Waals surface area contributed by atoms with E-state index in [4.69, 9.17) is 4.52 Å². The Hall–Kier alpha value is -3.06. The Morgan fingerprint density at radius 1 is 1.22 bits per heavy atom. The molecule has 0 saturated heterocycles. The van der Waals surface area contributed by atoms with Crippen LogP contribution in [-0.4, -0.2) is 27.0 Å². The molecule has 0 spiro atoms. The third-order valence-corrected chi connectivity index (χ3v) is 5.06. The van der Waals surface area contributed by atoms with Gasteiger partial charge < -0.3 is 4.52 Å². The van der Waals surface area contributed by atoms with E-state index >= 15 is 0 Å². The molecule has 27 heavy (non-hydrogen) atoms. The molecule has 0 saturated carbocycles. The van der Waals surface area contributed by atoms with Crippen LogP contribution < -0.4 is 0 Å². The van der Waals surface area contributed by atoms with Gasteiger partial charge in [-0.05, 0) is 49.6 Å². The average Bonchev–Trinajstić information content (AvgIpc) is 3.16. The van der Waals surface area contributed by atoms with Gasteiger partial charge in [0.25, 0.3) is 5.69 Å². The summed E-state index contributed by atoms with van der Waals surface area (Å²) >= 11 is 0. The van der Waals surface area contributed by atoms with Crippen LogP contribution in [0, 0.1) is 10.1 Å². The van der Waals surface area contributed by atoms with Crippen molar-refractivity contribution in [1.29, 1.82) is 0 Å². The molecule has 1 aliphatic carbocycles. The lowest BCUT2D eigenvalue weighted by atomic mass is 9.87. The minimum Gasteiger partial charge on any atom is -0.338 e. The Balaban J connectivity index is 1.49. The molecule has 138 valence electrons. The first kappa shape index (κ1) is 17.4. The van der Waals surface area contributed by atoms with Crippen molar-refractivity contribution in [3.05, 3.63) is 75.7 Å². The second-order valence-corrected chi connectivity index (χ2v) is 6.84. The summed E-state index contributed by atoms with van der Waals surface area (Å²) in [6.45, 7) is 0.555. The van der Waals surface area contributed by atoms with Crippen LogP contribution in [0.15, 0.2) is 53.1 Å². The number of nitro groups is 1. The fourth-order valence-electron chi connectivity index (χ4n) is 3.68. The van der Waals surface area contributed by atoms with E-state index in [-0.39, 0.29) is 5.69 Å². The number of non-ortho nitro benzene ring substituents is 1. The van der Waals surface area contributed by atoms with Crippen LogP contribution in [0.2, 0.25) is 0 Å². The number of aryl methyl sites for hydroxylation is 1. The van der Waals surface area contributed by atoms with Gasteiger partial charge in [0, 0.05) is 23.7 Å². The number of hydrogen-bond donors (Lipinski definition) is 0. The molecule has 0 radical (unpaired) electrons. The van der Waals surface area contributed by atoms with E-state index in [1.54, 1.807) is 12.1 Å². The summed E-state index contributed by atoms with van der Waals surface area (Å²) in [5, 5.41) is 14.8. The number of fused-ring (bicyclic) bond motifs is 1. The third kappa shape index (κ3) is 3.59. The van der Waals surface area contributed by atoms with Gasteiger partial charge in [0.15, 0.2) is 0 Å². The molecule has 4 rings (SSSR count). The smallest absolute Gasteiger partial charge is 0.269 e. The molecule has 7 nitrogen and oxygen atoms in total. The van der Waals surface area contributed by atoms with Gasteiger partial charge >= 0.3 is 0 Å². The van der Waals surface area contributed by atoms with Crippen molar-refractivity contribution >= 4 is 5.69 Å². The highest BCUT2D eigenvalue weighted by atomic mass is 16.6. The van der Waals surface area contributed by atoms with Gasteiger partial charge in [-0.15, -0.1) is 0 Å². The van der Waals surface area contributed by atoms with Crippen molar-refractivity contribution < 1.29 is 9.45 Å². The molecule has 1 atom stereocenters. The van der Waals surface area contributed by atoms with Crippen LogP contribution in [0.1, 0.15) is 35.9 Å². The van der Waals surface area contributed by atoms with Crippen molar-refractivity contribution in [3.63, 3.8) is 0 Å². The summed E-state index contributed by atoms with van der Waals surface area (Å²) in [6, 6.07) is 15.1. The van der Waals surface area contributed by atoms with Gasteiger partial charge in [0.2, 0.25) is 11.7 Å². The molecule has 7 heteroatoms. The van der Waals surface area contributed by atoms with Gasteiger partial charge in [-0.3, -0.25) is 15.0 Å². The lowest BCUT2D eigenvalue weighted by molar-refractivity contribution is -0.384. The number of aromatic nitrogens is 2. The fourth-order valence-corrected chi connectivity index (χ4v) is 3.68. The standard InChI is InChI=1S/C20H20N4O3/c1-23(18-8-4-6-14-5-2-3-7-17(14)18)13-19-21-20(22-27-19)15-9-11-16(12-10-15)24(25)26/h2-3,5,7,9-12,18H,4,6,8,13H2,1H3. The zero-order chi connectivity index (χ0) is 18.8. The molecule has 3 aromatic rings. The first-order valence-corrected chi connectivity index (χ1v) is 8.97. The Morgan fingerprint density at radius 2 is 2.00 bits per heavy atom. The molecule has 1 heterocycles. The number of benzene rings is 2. The van der Waals surface area contributed by atoms with E-state index in [1.165, 1.54) is 29.7 Å². The minimum atomic E-state index is -0.428. The molecule has 0 bridgehead atoms. The van der Waals surface area contributed by atoms with E-state index < -0.39 is 4.92 Å². The molecule has 0 fully saturated rings. The molecule has 0 amide bonds. The molecule has 1 aliphatic rings. The molecule has 1 unspecified atom stereocenters. The minimum absolute atomic E-state index is 0.0400. The summed E-state index contributed by atoms with van der Waals surface area (Å²) in [6.07, 6.45) is 3.41. The van der Waals surface area contributed by atoms with Crippen molar-refractivity contribution in [2.24, 2.45) is 0 Å². The highest BCUT2D eigenvalue weighted by molar-refractivity contribution is 5.56. The molecule has 0 aliphatic heterocycles. The quantitative estimate of drug-likeness (QED) is 0.499. The van der Waals surface area contributed by atoms with Gasteiger partial charge in [0.05, 0.1) is 11.5 Å². The Labute approximate surface area is 156 Å². The van der Waals surface area contributed by atoms with Gasteiger partial charge in [-0.25, -0.2) is 0 Å². The summed E-state index contributed by atoms with van der Waals surface area (Å²) in [5.74, 6) is 0.978. The highest BCUT2D eigenvalue weighted by Crippen LogP contribution is 2.34. The van der Waals surface area contributed by atoms with Gasteiger partial charge in [-0.1, -0.05) is 29.4 Å². The Morgan fingerprint density at radius 3 is 2.78 bits per heavy atom. The topological polar surface area (TPSA) is 85.3 Å². The number of rotatable bonds is 5. The fraction of sp³-hybridized carbons (Fsp3) is 0.300. The molecular formula is C20H20N4O3. The molecular weight excluding hydrogens is 344 g/mol. The Kier molecular flexibility index (Phi) is 4.68. The van der Waals surface area contributed by atoms with E-state index in [0.29, 0.717) is 29.9 Å². The van der Waals surface area contributed by atoms with Crippen LogP contribution in [0.25, 0.3) is 11.4 Å². The first-order chi connectivity index (χ1) is 13.1. The zero-order valence-electron chi connectivity index (χ0n) is 15.0. The van der Waals surface area contributed by atoms with Crippen molar-refractivity contribution in [2.45, 2.75) is 31.8 Å². The van der Waals surface area contributed by atoms with Crippen LogP contribution >= 0.6 is 0 Å². The molecule has 2 aromatic carbocycles. The van der Waals surface area contributed by atoms with Crippen molar-refractivity contribution in [2.75, 3.05) is 7.05 Å². The zero-order valence-corrected chi connectivity index (χ0v) is 15.0. The summed E-state index contributed by atoms with van der Waals surface area (Å²) in [4.78, 5) is 17.0. The number of nitrogens with zero attached hydrogens (tertiary/aromatic N) is 4. The summed E-state index contributed by atoms with van der Waals surface area (Å²) < 4.78 is 5.41.